The number of aryl methyl sites for hydroxylation is 1. The van der Waals surface area contributed by atoms with E-state index in [0.29, 0.717) is 35.1 Å². The van der Waals surface area contributed by atoms with E-state index in [4.69, 9.17) is 33.0 Å². The van der Waals surface area contributed by atoms with Crippen molar-refractivity contribution in [2.75, 3.05) is 13.1 Å². The number of piperidine rings is 1. The first-order chi connectivity index (χ1) is 17.3. The summed E-state index contributed by atoms with van der Waals surface area (Å²) in [5.41, 5.74) is 2.79. The first kappa shape index (κ1) is 25.4. The van der Waals surface area contributed by atoms with Crippen LogP contribution in [-0.4, -0.2) is 39.2 Å². The van der Waals surface area contributed by atoms with Crippen molar-refractivity contribution < 1.29 is 9.63 Å². The van der Waals surface area contributed by atoms with Crippen LogP contribution in [0.5, 0.6) is 0 Å². The molecule has 7 nitrogen and oxygen atoms in total. The van der Waals surface area contributed by atoms with E-state index < -0.39 is 0 Å². The number of thiazole rings is 1. The predicted molar refractivity (Wildman–Crippen MR) is 145 cm³/mol. The van der Waals surface area contributed by atoms with Crippen LogP contribution in [0.4, 0.5) is 0 Å². The first-order valence-electron chi connectivity index (χ1n) is 11.6. The third kappa shape index (κ3) is 5.25. The molecule has 0 spiro atoms. The standard InChI is InChI=1S/C25H23BrCl2N4O3S/c1-14-9-16(26)11-32(25(14)34)12-22(33)31-7-5-15(6-8-31)24-29-20(13-36-24)19-10-21(35-30-19)23-17(27)3-2-4-18(23)28/h2-4,9,11,13,15,21H,5-8,10,12H2,1H3. The highest BCUT2D eigenvalue weighted by molar-refractivity contribution is 9.10. The molecule has 1 saturated heterocycles. The lowest BCUT2D eigenvalue weighted by atomic mass is 9.97. The van der Waals surface area contributed by atoms with E-state index >= 15 is 0 Å². The number of carbonyl (C=O) groups excluding carboxylic acids is 1. The number of oxime groups is 1. The van der Waals surface area contributed by atoms with Crippen molar-refractivity contribution in [2.45, 2.75) is 44.8 Å². The summed E-state index contributed by atoms with van der Waals surface area (Å²) in [6.45, 7) is 3.06. The topological polar surface area (TPSA) is 76.8 Å². The summed E-state index contributed by atoms with van der Waals surface area (Å²) in [5, 5.41) is 8.42. The normalized spacial score (nSPS) is 18.3. The Balaban J connectivity index is 1.18. The Morgan fingerprint density at radius 1 is 1.25 bits per heavy atom. The van der Waals surface area contributed by atoms with Gasteiger partial charge in [0.25, 0.3) is 5.56 Å². The van der Waals surface area contributed by atoms with Crippen LogP contribution >= 0.6 is 50.5 Å². The summed E-state index contributed by atoms with van der Waals surface area (Å²) in [7, 11) is 0. The number of aromatic nitrogens is 2. The Morgan fingerprint density at radius 3 is 2.69 bits per heavy atom. The molecule has 0 bridgehead atoms. The van der Waals surface area contributed by atoms with Crippen LogP contribution in [0, 0.1) is 6.92 Å². The molecule has 3 aromatic rings. The Labute approximate surface area is 230 Å². The molecule has 188 valence electrons. The van der Waals surface area contributed by atoms with Crippen LogP contribution in [0.25, 0.3) is 0 Å². The minimum Gasteiger partial charge on any atom is -0.387 e. The van der Waals surface area contributed by atoms with Gasteiger partial charge in [0.2, 0.25) is 5.91 Å². The van der Waals surface area contributed by atoms with Gasteiger partial charge in [-0.1, -0.05) is 34.4 Å². The van der Waals surface area contributed by atoms with Crippen molar-refractivity contribution in [3.8, 4) is 0 Å². The average Bonchev–Trinajstić information content (AvgIpc) is 3.52. The molecule has 0 N–H and O–H groups in total. The Hall–Kier alpha value is -2.20. The van der Waals surface area contributed by atoms with Gasteiger partial charge in [0, 0.05) is 62.7 Å². The minimum absolute atomic E-state index is 0.0433. The summed E-state index contributed by atoms with van der Waals surface area (Å²) >= 11 is 17.7. The lowest BCUT2D eigenvalue weighted by Gasteiger charge is -2.31. The van der Waals surface area contributed by atoms with E-state index in [1.807, 2.05) is 10.3 Å². The van der Waals surface area contributed by atoms with E-state index in [1.54, 1.807) is 48.7 Å². The second kappa shape index (κ2) is 10.7. The monoisotopic (exact) mass is 608 g/mol. The van der Waals surface area contributed by atoms with Gasteiger partial charge in [-0.2, -0.15) is 0 Å². The largest absolute Gasteiger partial charge is 0.387 e. The number of nitrogens with zero attached hydrogens (tertiary/aromatic N) is 4. The summed E-state index contributed by atoms with van der Waals surface area (Å²) in [5.74, 6) is 0.231. The molecule has 5 rings (SSSR count). The highest BCUT2D eigenvalue weighted by Gasteiger charge is 2.30. The summed E-state index contributed by atoms with van der Waals surface area (Å²) in [4.78, 5) is 37.5. The fourth-order valence-corrected chi connectivity index (χ4v) is 6.82. The number of rotatable bonds is 5. The number of benzene rings is 1. The SMILES string of the molecule is Cc1cc(Br)cn(CC(=O)N2CCC(c3nc(C4=NOC(c5c(Cl)cccc5Cl)C4)cs3)CC2)c1=O. The number of halogens is 3. The van der Waals surface area contributed by atoms with Crippen molar-refractivity contribution in [1.29, 1.82) is 0 Å². The minimum atomic E-state index is -0.331. The summed E-state index contributed by atoms with van der Waals surface area (Å²) in [6.07, 6.45) is 3.53. The van der Waals surface area contributed by atoms with Gasteiger partial charge < -0.3 is 14.3 Å². The number of carbonyl (C=O) groups is 1. The van der Waals surface area contributed by atoms with Crippen LogP contribution in [0.1, 0.15) is 53.1 Å². The molecule has 1 aromatic carbocycles. The molecule has 4 heterocycles. The molecule has 0 saturated carbocycles. The quantitative estimate of drug-likeness (QED) is 0.358. The zero-order valence-corrected chi connectivity index (χ0v) is 23.3. The maximum Gasteiger partial charge on any atom is 0.253 e. The zero-order valence-electron chi connectivity index (χ0n) is 19.4. The lowest BCUT2D eigenvalue weighted by molar-refractivity contribution is -0.132. The first-order valence-corrected chi connectivity index (χ1v) is 14.0. The van der Waals surface area contributed by atoms with E-state index in [2.05, 4.69) is 21.1 Å². The third-order valence-corrected chi connectivity index (χ3v) is 8.64. The number of hydrogen-bond acceptors (Lipinski definition) is 6. The van der Waals surface area contributed by atoms with E-state index in [0.717, 1.165) is 39.3 Å². The van der Waals surface area contributed by atoms with Gasteiger partial charge in [-0.25, -0.2) is 4.98 Å². The highest BCUT2D eigenvalue weighted by Crippen LogP contribution is 2.39. The van der Waals surface area contributed by atoms with Crippen LogP contribution in [0.3, 0.4) is 0 Å². The molecule has 0 aliphatic carbocycles. The van der Waals surface area contributed by atoms with E-state index in [1.165, 1.54) is 4.57 Å². The summed E-state index contributed by atoms with van der Waals surface area (Å²) < 4.78 is 2.25. The second-order valence-corrected chi connectivity index (χ2v) is 11.6. The second-order valence-electron chi connectivity index (χ2n) is 8.97. The number of pyridine rings is 1. The van der Waals surface area contributed by atoms with Gasteiger partial charge in [0.05, 0.1) is 10.7 Å². The van der Waals surface area contributed by atoms with E-state index in [-0.39, 0.29) is 30.0 Å². The fourth-order valence-electron chi connectivity index (χ4n) is 4.59. The van der Waals surface area contributed by atoms with Gasteiger partial charge in [0.1, 0.15) is 12.3 Å². The highest BCUT2D eigenvalue weighted by atomic mass is 79.9. The molecule has 11 heteroatoms. The molecule has 1 fully saturated rings. The maximum absolute atomic E-state index is 12.8. The molecule has 1 atom stereocenters. The third-order valence-electron chi connectivity index (χ3n) is 6.54. The molecule has 1 unspecified atom stereocenters. The lowest BCUT2D eigenvalue weighted by Crippen LogP contribution is -2.41. The van der Waals surface area contributed by atoms with Gasteiger partial charge in [-0.3, -0.25) is 9.59 Å². The van der Waals surface area contributed by atoms with Crippen LogP contribution in [-0.2, 0) is 16.2 Å². The molecule has 0 radical (unpaired) electrons. The van der Waals surface area contributed by atoms with E-state index in [9.17, 15) is 9.59 Å². The van der Waals surface area contributed by atoms with Gasteiger partial charge in [-0.15, -0.1) is 11.3 Å². The zero-order chi connectivity index (χ0) is 25.4. The Kier molecular flexibility index (Phi) is 7.53. The van der Waals surface area contributed by atoms with Crippen molar-refractivity contribution in [1.82, 2.24) is 14.5 Å². The molecule has 1 amide bonds. The fraction of sp³-hybridized carbons (Fsp3) is 0.360. The van der Waals surface area contributed by atoms with Gasteiger partial charge >= 0.3 is 0 Å². The van der Waals surface area contributed by atoms with Crippen molar-refractivity contribution in [3.05, 3.63) is 82.5 Å². The maximum atomic E-state index is 12.8. The molecule has 2 aromatic heterocycles. The Bertz CT molecular complexity index is 1380. The number of hydrogen-bond donors (Lipinski definition) is 0. The number of likely N-dealkylation sites (tertiary alicyclic amines) is 1. The summed E-state index contributed by atoms with van der Waals surface area (Å²) in [6, 6.07) is 7.14. The van der Waals surface area contributed by atoms with Crippen LogP contribution in [0.2, 0.25) is 10.0 Å². The predicted octanol–water partition coefficient (Wildman–Crippen LogP) is 5.95. The molecule has 2 aliphatic rings. The van der Waals surface area contributed by atoms with Crippen molar-refractivity contribution >= 4 is 62.1 Å². The van der Waals surface area contributed by atoms with Crippen molar-refractivity contribution in [3.63, 3.8) is 0 Å². The smallest absolute Gasteiger partial charge is 0.253 e. The van der Waals surface area contributed by atoms with Crippen molar-refractivity contribution in [2.24, 2.45) is 5.16 Å². The van der Waals surface area contributed by atoms with Gasteiger partial charge in [-0.05, 0) is 53.9 Å². The molecular weight excluding hydrogens is 587 g/mol. The molecule has 2 aliphatic heterocycles. The van der Waals surface area contributed by atoms with Crippen LogP contribution < -0.4 is 5.56 Å². The Morgan fingerprint density at radius 2 is 1.97 bits per heavy atom. The number of amides is 1. The molecule has 36 heavy (non-hydrogen) atoms. The molecular formula is C25H23BrCl2N4O3S. The van der Waals surface area contributed by atoms with Gasteiger partial charge in [0.15, 0.2) is 6.10 Å². The van der Waals surface area contributed by atoms with Crippen LogP contribution in [0.15, 0.2) is 50.3 Å². The average molecular weight is 610 g/mol.